The summed E-state index contributed by atoms with van der Waals surface area (Å²) in [6.45, 7) is 4.58. The van der Waals surface area contributed by atoms with E-state index in [0.717, 1.165) is 21.3 Å². The SMILES string of the molecule is CCN(C(=O)CSc1nnc(-c2ccc(Br)cc2)o1)c1cccc(C)c1. The first-order valence-corrected chi connectivity index (χ1v) is 9.94. The molecule has 1 aromatic heterocycles. The zero-order valence-corrected chi connectivity index (χ0v) is 16.9. The van der Waals surface area contributed by atoms with Crippen LogP contribution in [0.15, 0.2) is 62.6 Å². The van der Waals surface area contributed by atoms with Gasteiger partial charge in [-0.25, -0.2) is 0 Å². The minimum absolute atomic E-state index is 0.00601. The number of benzene rings is 2. The van der Waals surface area contributed by atoms with Crippen molar-refractivity contribution in [2.24, 2.45) is 0 Å². The quantitative estimate of drug-likeness (QED) is 0.516. The van der Waals surface area contributed by atoms with Crippen molar-refractivity contribution in [1.82, 2.24) is 10.2 Å². The lowest BCUT2D eigenvalue weighted by Crippen LogP contribution is -2.32. The summed E-state index contributed by atoms with van der Waals surface area (Å²) in [5.74, 6) is 0.689. The van der Waals surface area contributed by atoms with Crippen molar-refractivity contribution in [2.75, 3.05) is 17.2 Å². The fourth-order valence-corrected chi connectivity index (χ4v) is 3.38. The molecule has 0 aliphatic carbocycles. The molecule has 1 heterocycles. The van der Waals surface area contributed by atoms with Gasteiger partial charge in [-0.2, -0.15) is 0 Å². The van der Waals surface area contributed by atoms with Gasteiger partial charge in [0.15, 0.2) is 0 Å². The lowest BCUT2D eigenvalue weighted by atomic mass is 10.2. The summed E-state index contributed by atoms with van der Waals surface area (Å²) in [4.78, 5) is 14.3. The van der Waals surface area contributed by atoms with E-state index in [0.29, 0.717) is 17.7 Å². The number of aromatic nitrogens is 2. The minimum Gasteiger partial charge on any atom is -0.411 e. The Bertz CT molecular complexity index is 896. The fraction of sp³-hybridized carbons (Fsp3) is 0.211. The molecule has 1 amide bonds. The third-order valence-corrected chi connectivity index (χ3v) is 5.08. The largest absolute Gasteiger partial charge is 0.411 e. The third kappa shape index (κ3) is 4.53. The molecule has 7 heteroatoms. The second-order valence-corrected chi connectivity index (χ2v) is 7.49. The van der Waals surface area contributed by atoms with Crippen LogP contribution in [0.4, 0.5) is 5.69 Å². The summed E-state index contributed by atoms with van der Waals surface area (Å²) in [5.41, 5.74) is 2.87. The average molecular weight is 432 g/mol. The van der Waals surface area contributed by atoms with Crippen molar-refractivity contribution in [3.63, 3.8) is 0 Å². The van der Waals surface area contributed by atoms with Gasteiger partial charge >= 0.3 is 0 Å². The number of halogens is 1. The number of anilines is 1. The van der Waals surface area contributed by atoms with Gasteiger partial charge in [0, 0.05) is 22.3 Å². The summed E-state index contributed by atoms with van der Waals surface area (Å²) < 4.78 is 6.64. The summed E-state index contributed by atoms with van der Waals surface area (Å²) in [5, 5.41) is 8.46. The van der Waals surface area contributed by atoms with E-state index in [1.54, 1.807) is 4.90 Å². The van der Waals surface area contributed by atoms with Crippen molar-refractivity contribution in [3.8, 4) is 11.5 Å². The molecule has 0 radical (unpaired) electrons. The van der Waals surface area contributed by atoms with Crippen molar-refractivity contribution in [3.05, 3.63) is 58.6 Å². The molecule has 26 heavy (non-hydrogen) atoms. The number of amides is 1. The molecule has 0 bridgehead atoms. The summed E-state index contributed by atoms with van der Waals surface area (Å²) in [6, 6.07) is 15.5. The molecule has 3 rings (SSSR count). The number of hydrogen-bond donors (Lipinski definition) is 0. The monoisotopic (exact) mass is 431 g/mol. The lowest BCUT2D eigenvalue weighted by Gasteiger charge is -2.21. The molecule has 5 nitrogen and oxygen atoms in total. The van der Waals surface area contributed by atoms with Crippen LogP contribution < -0.4 is 4.90 Å². The molecule has 0 saturated heterocycles. The van der Waals surface area contributed by atoms with Gasteiger partial charge in [0.25, 0.3) is 5.22 Å². The van der Waals surface area contributed by atoms with Crippen LogP contribution in [0, 0.1) is 6.92 Å². The van der Waals surface area contributed by atoms with Gasteiger partial charge in [-0.05, 0) is 55.8 Å². The van der Waals surface area contributed by atoms with Gasteiger partial charge in [-0.3, -0.25) is 4.79 Å². The van der Waals surface area contributed by atoms with E-state index >= 15 is 0 Å². The highest BCUT2D eigenvalue weighted by Gasteiger charge is 2.16. The van der Waals surface area contributed by atoms with E-state index in [1.807, 2.05) is 62.4 Å². The zero-order chi connectivity index (χ0) is 18.5. The minimum atomic E-state index is 0.00601. The maximum atomic E-state index is 12.6. The topological polar surface area (TPSA) is 59.2 Å². The van der Waals surface area contributed by atoms with Crippen LogP contribution in [0.25, 0.3) is 11.5 Å². The van der Waals surface area contributed by atoms with E-state index < -0.39 is 0 Å². The zero-order valence-electron chi connectivity index (χ0n) is 14.5. The van der Waals surface area contributed by atoms with Crippen LogP contribution in [0.1, 0.15) is 12.5 Å². The summed E-state index contributed by atoms with van der Waals surface area (Å²) in [6.07, 6.45) is 0. The first-order chi connectivity index (χ1) is 12.6. The Hall–Kier alpha value is -2.12. The maximum Gasteiger partial charge on any atom is 0.277 e. The molecular weight excluding hydrogens is 414 g/mol. The molecule has 0 aliphatic heterocycles. The molecule has 0 fully saturated rings. The van der Waals surface area contributed by atoms with Crippen LogP contribution >= 0.6 is 27.7 Å². The molecule has 2 aromatic carbocycles. The van der Waals surface area contributed by atoms with Crippen LogP contribution in [0.3, 0.4) is 0 Å². The number of rotatable bonds is 6. The van der Waals surface area contributed by atoms with Gasteiger partial charge in [0.05, 0.1) is 5.75 Å². The highest BCUT2D eigenvalue weighted by Crippen LogP contribution is 2.25. The Morgan fingerprint density at radius 1 is 1.19 bits per heavy atom. The van der Waals surface area contributed by atoms with Crippen LogP contribution in [0.2, 0.25) is 0 Å². The number of carbonyl (C=O) groups excluding carboxylic acids is 1. The molecular formula is C19H18BrN3O2S. The smallest absolute Gasteiger partial charge is 0.277 e. The van der Waals surface area contributed by atoms with Crippen molar-refractivity contribution in [2.45, 2.75) is 19.1 Å². The average Bonchev–Trinajstić information content (AvgIpc) is 3.10. The first kappa shape index (κ1) is 18.7. The number of thioether (sulfide) groups is 1. The van der Waals surface area contributed by atoms with Gasteiger partial charge in [-0.1, -0.05) is 39.8 Å². The van der Waals surface area contributed by atoms with E-state index in [2.05, 4.69) is 26.1 Å². The molecule has 0 spiro atoms. The Kier molecular flexibility index (Phi) is 6.11. The Balaban J connectivity index is 1.65. The van der Waals surface area contributed by atoms with Gasteiger partial charge in [-0.15, -0.1) is 10.2 Å². The Morgan fingerprint density at radius 3 is 2.65 bits per heavy atom. The summed E-state index contributed by atoms with van der Waals surface area (Å²) >= 11 is 4.64. The highest BCUT2D eigenvalue weighted by molar-refractivity contribution is 9.10. The Morgan fingerprint density at radius 2 is 1.96 bits per heavy atom. The second kappa shape index (κ2) is 8.51. The molecule has 0 saturated carbocycles. The molecule has 0 unspecified atom stereocenters. The number of nitrogens with zero attached hydrogens (tertiary/aromatic N) is 3. The van der Waals surface area contributed by atoms with Crippen LogP contribution in [-0.4, -0.2) is 28.4 Å². The second-order valence-electron chi connectivity index (χ2n) is 5.65. The van der Waals surface area contributed by atoms with E-state index in [9.17, 15) is 4.79 Å². The molecule has 0 atom stereocenters. The highest BCUT2D eigenvalue weighted by atomic mass is 79.9. The predicted molar refractivity (Wildman–Crippen MR) is 107 cm³/mol. The maximum absolute atomic E-state index is 12.6. The van der Waals surface area contributed by atoms with Crippen molar-refractivity contribution in [1.29, 1.82) is 0 Å². The molecule has 0 aliphatic rings. The predicted octanol–water partition coefficient (Wildman–Crippen LogP) is 4.95. The molecule has 134 valence electrons. The fourth-order valence-electron chi connectivity index (χ4n) is 2.48. The number of aryl methyl sites for hydroxylation is 1. The van der Waals surface area contributed by atoms with Gasteiger partial charge in [0.2, 0.25) is 11.8 Å². The van der Waals surface area contributed by atoms with Crippen molar-refractivity contribution >= 4 is 39.3 Å². The van der Waals surface area contributed by atoms with E-state index in [-0.39, 0.29) is 11.7 Å². The number of carbonyl (C=O) groups is 1. The first-order valence-electron chi connectivity index (χ1n) is 8.16. The van der Waals surface area contributed by atoms with Gasteiger partial charge < -0.3 is 9.32 Å². The normalized spacial score (nSPS) is 10.7. The number of hydrogen-bond acceptors (Lipinski definition) is 5. The summed E-state index contributed by atoms with van der Waals surface area (Å²) in [7, 11) is 0. The van der Waals surface area contributed by atoms with E-state index in [1.165, 1.54) is 11.8 Å². The van der Waals surface area contributed by atoms with Crippen molar-refractivity contribution < 1.29 is 9.21 Å². The molecule has 0 N–H and O–H groups in total. The molecule has 3 aromatic rings. The van der Waals surface area contributed by atoms with E-state index in [4.69, 9.17) is 4.42 Å². The standard InChI is InChI=1S/C19H18BrN3O2S/c1-3-23(16-6-4-5-13(2)11-16)17(24)12-26-19-22-21-18(25-19)14-7-9-15(20)10-8-14/h4-11H,3,12H2,1-2H3. The lowest BCUT2D eigenvalue weighted by molar-refractivity contribution is -0.116. The van der Waals surface area contributed by atoms with Gasteiger partial charge in [0.1, 0.15) is 0 Å². The Labute approximate surface area is 164 Å². The third-order valence-electron chi connectivity index (χ3n) is 3.75. The van der Waals surface area contributed by atoms with Crippen LogP contribution in [-0.2, 0) is 4.79 Å². The van der Waals surface area contributed by atoms with Crippen LogP contribution in [0.5, 0.6) is 0 Å².